The second-order valence-electron chi connectivity index (χ2n) is 9.23. The van der Waals surface area contributed by atoms with E-state index in [9.17, 15) is 34.5 Å². The fourth-order valence-corrected chi connectivity index (χ4v) is 4.07. The molecule has 0 spiro atoms. The number of aliphatic carboxylic acids is 1. The lowest BCUT2D eigenvalue weighted by Gasteiger charge is -2.26. The summed E-state index contributed by atoms with van der Waals surface area (Å²) in [6, 6.07) is 10.9. The molecule has 0 fully saturated rings. The number of carbonyl (C=O) groups excluding carboxylic acids is 3. The molecular formula is C27H33N5O7. The Morgan fingerprint density at radius 2 is 1.46 bits per heavy atom. The third kappa shape index (κ3) is 7.87. The minimum absolute atomic E-state index is 0.0180. The van der Waals surface area contributed by atoms with Gasteiger partial charge in [-0.1, -0.05) is 48.5 Å². The molecule has 1 aromatic heterocycles. The van der Waals surface area contributed by atoms with Gasteiger partial charge in [0.2, 0.25) is 17.7 Å². The summed E-state index contributed by atoms with van der Waals surface area (Å²) in [6.07, 6.45) is 0.324. The van der Waals surface area contributed by atoms with Crippen molar-refractivity contribution in [1.29, 1.82) is 0 Å². The first-order valence-electron chi connectivity index (χ1n) is 12.4. The van der Waals surface area contributed by atoms with Crippen LogP contribution in [-0.4, -0.2) is 80.9 Å². The summed E-state index contributed by atoms with van der Waals surface area (Å²) in [5.74, 6) is -3.76. The molecule has 0 radical (unpaired) electrons. The van der Waals surface area contributed by atoms with Gasteiger partial charge in [-0.25, -0.2) is 4.79 Å². The van der Waals surface area contributed by atoms with E-state index in [0.29, 0.717) is 11.1 Å². The third-order valence-corrected chi connectivity index (χ3v) is 6.23. The summed E-state index contributed by atoms with van der Waals surface area (Å²) in [5, 5.41) is 36.8. The topological polar surface area (TPSA) is 207 Å². The smallest absolute Gasteiger partial charge is 0.328 e. The number of aliphatic hydroxyl groups is 2. The number of nitrogens with two attached hydrogens (primary N) is 1. The number of nitrogens with one attached hydrogen (secondary N) is 4. The first-order chi connectivity index (χ1) is 18.6. The van der Waals surface area contributed by atoms with E-state index in [4.69, 9.17) is 5.73 Å². The largest absolute Gasteiger partial charge is 0.480 e. The molecule has 3 amide bonds. The quantitative estimate of drug-likeness (QED) is 0.137. The fourth-order valence-electron chi connectivity index (χ4n) is 4.07. The van der Waals surface area contributed by atoms with Gasteiger partial charge in [0.05, 0.1) is 12.7 Å². The van der Waals surface area contributed by atoms with Crippen molar-refractivity contribution in [1.82, 2.24) is 20.9 Å². The number of hydrogen-bond donors (Lipinski definition) is 8. The molecule has 9 N–H and O–H groups in total. The van der Waals surface area contributed by atoms with Gasteiger partial charge in [-0.15, -0.1) is 0 Å². The molecule has 5 unspecified atom stereocenters. The molecule has 12 heteroatoms. The second-order valence-corrected chi connectivity index (χ2v) is 9.23. The lowest BCUT2D eigenvalue weighted by atomic mass is 10.0. The molecule has 12 nitrogen and oxygen atoms in total. The number of rotatable bonds is 13. The van der Waals surface area contributed by atoms with Crippen LogP contribution in [0.4, 0.5) is 0 Å². The van der Waals surface area contributed by atoms with Gasteiger partial charge >= 0.3 is 5.97 Å². The first-order valence-corrected chi connectivity index (χ1v) is 12.4. The van der Waals surface area contributed by atoms with Crippen LogP contribution in [0.1, 0.15) is 18.1 Å². The van der Waals surface area contributed by atoms with Crippen LogP contribution in [-0.2, 0) is 32.0 Å². The number of hydrogen-bond acceptors (Lipinski definition) is 7. The molecular weight excluding hydrogens is 506 g/mol. The van der Waals surface area contributed by atoms with E-state index in [2.05, 4.69) is 20.9 Å². The van der Waals surface area contributed by atoms with Gasteiger partial charge in [0.1, 0.15) is 18.1 Å². The monoisotopic (exact) mass is 539 g/mol. The Labute approximate surface area is 224 Å². The predicted molar refractivity (Wildman–Crippen MR) is 142 cm³/mol. The lowest BCUT2D eigenvalue weighted by molar-refractivity contribution is -0.145. The molecule has 2 aromatic carbocycles. The van der Waals surface area contributed by atoms with Crippen LogP contribution in [0.3, 0.4) is 0 Å². The average molecular weight is 540 g/mol. The summed E-state index contributed by atoms with van der Waals surface area (Å²) in [4.78, 5) is 53.9. The Morgan fingerprint density at radius 1 is 0.872 bits per heavy atom. The average Bonchev–Trinajstić information content (AvgIpc) is 3.33. The number of carboxylic acid groups (broad SMARTS) is 1. The van der Waals surface area contributed by atoms with Crippen LogP contribution < -0.4 is 21.7 Å². The zero-order valence-electron chi connectivity index (χ0n) is 21.3. The Bertz CT molecular complexity index is 1290. The maximum absolute atomic E-state index is 13.5. The Hall–Kier alpha value is -4.26. The number of carbonyl (C=O) groups is 4. The molecule has 208 valence electrons. The minimum atomic E-state index is -1.61. The van der Waals surface area contributed by atoms with E-state index < -0.39 is 60.6 Å². The molecule has 0 saturated carbocycles. The summed E-state index contributed by atoms with van der Waals surface area (Å²) in [7, 11) is 0. The van der Waals surface area contributed by atoms with Gasteiger partial charge in [0, 0.05) is 29.9 Å². The number of amides is 3. The number of carboxylic acids is 1. The minimum Gasteiger partial charge on any atom is -0.480 e. The standard InChI is InChI=1S/C27H33N5O7/c1-15(34)23(27(38)39)32-26(37)22(12-17-13-29-20-10-6-5-9-18(17)20)31-25(36)21(30-24(35)19(28)14-33)11-16-7-3-2-4-8-16/h2-10,13,15,19,21-23,29,33-34H,11-12,14,28H2,1H3,(H,30,35)(H,31,36)(H,32,37)(H,38,39). The zero-order valence-corrected chi connectivity index (χ0v) is 21.3. The van der Waals surface area contributed by atoms with E-state index in [1.807, 2.05) is 24.3 Å². The maximum atomic E-state index is 13.5. The van der Waals surface area contributed by atoms with Crippen LogP contribution in [0.5, 0.6) is 0 Å². The Morgan fingerprint density at radius 3 is 2.10 bits per heavy atom. The van der Waals surface area contributed by atoms with Gasteiger partial charge < -0.3 is 42.0 Å². The summed E-state index contributed by atoms with van der Waals surface area (Å²) < 4.78 is 0. The van der Waals surface area contributed by atoms with E-state index >= 15 is 0 Å². The zero-order chi connectivity index (χ0) is 28.5. The molecule has 0 saturated heterocycles. The number of aromatic amines is 1. The number of fused-ring (bicyclic) bond motifs is 1. The van der Waals surface area contributed by atoms with Crippen molar-refractivity contribution in [3.63, 3.8) is 0 Å². The highest BCUT2D eigenvalue weighted by atomic mass is 16.4. The van der Waals surface area contributed by atoms with Crippen molar-refractivity contribution in [3.8, 4) is 0 Å². The molecule has 0 aliphatic rings. The van der Waals surface area contributed by atoms with E-state index in [-0.39, 0.29) is 12.8 Å². The molecule has 3 rings (SSSR count). The van der Waals surface area contributed by atoms with Crippen molar-refractivity contribution in [2.45, 2.75) is 50.0 Å². The van der Waals surface area contributed by atoms with E-state index in [1.165, 1.54) is 6.92 Å². The summed E-state index contributed by atoms with van der Waals surface area (Å²) in [6.45, 7) is 0.592. The fraction of sp³-hybridized carbons (Fsp3) is 0.333. The number of aliphatic hydroxyl groups excluding tert-OH is 2. The molecule has 5 atom stereocenters. The SMILES string of the molecule is CC(O)C(NC(=O)C(Cc1c[nH]c2ccccc12)NC(=O)C(Cc1ccccc1)NC(=O)C(N)CO)C(=O)O. The van der Waals surface area contributed by atoms with Gasteiger partial charge in [0.25, 0.3) is 0 Å². The molecule has 39 heavy (non-hydrogen) atoms. The number of para-hydroxylation sites is 1. The van der Waals surface area contributed by atoms with Crippen LogP contribution in [0.25, 0.3) is 10.9 Å². The van der Waals surface area contributed by atoms with Crippen molar-refractivity contribution < 1.29 is 34.5 Å². The highest BCUT2D eigenvalue weighted by molar-refractivity contribution is 5.95. The third-order valence-electron chi connectivity index (χ3n) is 6.23. The number of benzene rings is 2. The van der Waals surface area contributed by atoms with Crippen molar-refractivity contribution in [2.24, 2.45) is 5.73 Å². The second kappa shape index (κ2) is 13.5. The molecule has 0 aliphatic heterocycles. The van der Waals surface area contributed by atoms with Gasteiger partial charge in [-0.05, 0) is 24.1 Å². The van der Waals surface area contributed by atoms with Gasteiger partial charge in [-0.3, -0.25) is 14.4 Å². The molecule has 1 heterocycles. The van der Waals surface area contributed by atoms with Crippen LogP contribution >= 0.6 is 0 Å². The van der Waals surface area contributed by atoms with Gasteiger partial charge in [0.15, 0.2) is 6.04 Å². The summed E-state index contributed by atoms with van der Waals surface area (Å²) >= 11 is 0. The highest BCUT2D eigenvalue weighted by Crippen LogP contribution is 2.19. The lowest BCUT2D eigenvalue weighted by Crippen LogP contribution is -2.59. The number of aromatic nitrogens is 1. The molecule has 3 aromatic rings. The normalized spacial score (nSPS) is 15.0. The van der Waals surface area contributed by atoms with Crippen LogP contribution in [0, 0.1) is 0 Å². The van der Waals surface area contributed by atoms with Crippen molar-refractivity contribution in [3.05, 3.63) is 71.9 Å². The number of H-pyrrole nitrogens is 1. The van der Waals surface area contributed by atoms with Crippen molar-refractivity contribution in [2.75, 3.05) is 6.61 Å². The van der Waals surface area contributed by atoms with Crippen molar-refractivity contribution >= 4 is 34.6 Å². The van der Waals surface area contributed by atoms with E-state index in [0.717, 1.165) is 10.9 Å². The molecule has 0 bridgehead atoms. The molecule has 0 aliphatic carbocycles. The Kier molecular flexibility index (Phi) is 10.1. The Balaban J connectivity index is 1.90. The highest BCUT2D eigenvalue weighted by Gasteiger charge is 2.32. The first kappa shape index (κ1) is 29.3. The maximum Gasteiger partial charge on any atom is 0.328 e. The van der Waals surface area contributed by atoms with Gasteiger partial charge in [-0.2, -0.15) is 0 Å². The van der Waals surface area contributed by atoms with Crippen LogP contribution in [0.2, 0.25) is 0 Å². The van der Waals surface area contributed by atoms with E-state index in [1.54, 1.807) is 36.5 Å². The van der Waals surface area contributed by atoms with Crippen LogP contribution in [0.15, 0.2) is 60.8 Å². The summed E-state index contributed by atoms with van der Waals surface area (Å²) in [5.41, 5.74) is 7.82. The predicted octanol–water partition coefficient (Wildman–Crippen LogP) is -0.807.